The fourth-order valence-electron chi connectivity index (χ4n) is 5.06. The lowest BCUT2D eigenvalue weighted by Gasteiger charge is -2.20. The number of aliphatic carboxylic acids is 1. The van der Waals surface area contributed by atoms with E-state index in [2.05, 4.69) is 60.1 Å². The maximum atomic E-state index is 13.6. The summed E-state index contributed by atoms with van der Waals surface area (Å²) in [5, 5.41) is 12.7. The Morgan fingerprint density at radius 3 is 2.38 bits per heavy atom. The summed E-state index contributed by atoms with van der Waals surface area (Å²) in [6.07, 6.45) is 8.83. The highest BCUT2D eigenvalue weighted by Crippen LogP contribution is 2.24. The van der Waals surface area contributed by atoms with Crippen LogP contribution in [0.2, 0.25) is 0 Å². The minimum absolute atomic E-state index is 0.0229. The zero-order valence-corrected chi connectivity index (χ0v) is 22.6. The second kappa shape index (κ2) is 14.4. The van der Waals surface area contributed by atoms with Crippen molar-refractivity contribution >= 4 is 17.4 Å². The molecule has 1 atom stereocenters. The summed E-state index contributed by atoms with van der Waals surface area (Å²) in [5.41, 5.74) is 5.77. The number of benzene rings is 2. The number of hydrogen-bond acceptors (Lipinski definition) is 3. The number of aromatic nitrogens is 1. The normalized spacial score (nSPS) is 11.9. The monoisotopic (exact) mass is 502 g/mol. The van der Waals surface area contributed by atoms with Gasteiger partial charge in [-0.2, -0.15) is 0 Å². The van der Waals surface area contributed by atoms with Crippen molar-refractivity contribution in [3.05, 3.63) is 88.7 Å². The van der Waals surface area contributed by atoms with Crippen LogP contribution in [0.25, 0.3) is 0 Å². The Hall–Kier alpha value is -3.34. The van der Waals surface area contributed by atoms with Gasteiger partial charge in [0.15, 0.2) is 5.78 Å². The van der Waals surface area contributed by atoms with Crippen LogP contribution in [0.5, 0.6) is 0 Å². The van der Waals surface area contributed by atoms with Crippen LogP contribution in [0, 0.1) is 0 Å². The van der Waals surface area contributed by atoms with Crippen molar-refractivity contribution < 1.29 is 14.7 Å². The van der Waals surface area contributed by atoms with E-state index in [-0.39, 0.29) is 12.2 Å². The highest BCUT2D eigenvalue weighted by atomic mass is 16.4. The second-order valence-corrected chi connectivity index (χ2v) is 9.93. The molecule has 3 aromatic rings. The molecule has 0 fully saturated rings. The third-order valence-corrected chi connectivity index (χ3v) is 7.12. The van der Waals surface area contributed by atoms with Crippen molar-refractivity contribution in [1.82, 2.24) is 4.57 Å². The van der Waals surface area contributed by atoms with Gasteiger partial charge < -0.3 is 15.0 Å². The number of carboxylic acid groups (broad SMARTS) is 1. The van der Waals surface area contributed by atoms with Crippen molar-refractivity contribution in [2.45, 2.75) is 84.1 Å². The number of ketones is 1. The molecule has 0 aliphatic rings. The number of nitrogens with zero attached hydrogens (tertiary/aromatic N) is 1. The molecule has 1 heterocycles. The van der Waals surface area contributed by atoms with E-state index in [0.717, 1.165) is 61.2 Å². The summed E-state index contributed by atoms with van der Waals surface area (Å²) < 4.78 is 2.06. The molecule has 0 spiro atoms. The fourth-order valence-corrected chi connectivity index (χ4v) is 5.06. The molecular formula is C32H42N2O3. The molecule has 198 valence electrons. The first-order valence-electron chi connectivity index (χ1n) is 13.8. The number of hydrogen-bond donors (Lipinski definition) is 2. The molecule has 2 N–H and O–H groups in total. The van der Waals surface area contributed by atoms with Gasteiger partial charge in [-0.05, 0) is 68.7 Å². The van der Waals surface area contributed by atoms with Crippen molar-refractivity contribution in [2.75, 3.05) is 5.32 Å². The van der Waals surface area contributed by atoms with Gasteiger partial charge in [0.25, 0.3) is 0 Å². The maximum absolute atomic E-state index is 13.6. The Kier molecular flexibility index (Phi) is 11.0. The largest absolute Gasteiger partial charge is 0.481 e. The Morgan fingerprint density at radius 1 is 0.919 bits per heavy atom. The van der Waals surface area contributed by atoms with Crippen LogP contribution in [-0.4, -0.2) is 27.5 Å². The van der Waals surface area contributed by atoms with Crippen molar-refractivity contribution in [1.29, 1.82) is 0 Å². The van der Waals surface area contributed by atoms with Crippen molar-refractivity contribution in [3.63, 3.8) is 0 Å². The van der Waals surface area contributed by atoms with E-state index >= 15 is 0 Å². The number of carboxylic acids is 1. The zero-order chi connectivity index (χ0) is 26.6. The molecular weight excluding hydrogens is 460 g/mol. The summed E-state index contributed by atoms with van der Waals surface area (Å²) in [4.78, 5) is 24.5. The average Bonchev–Trinajstić information content (AvgIpc) is 3.22. The summed E-state index contributed by atoms with van der Waals surface area (Å²) in [5.74, 6) is -0.766. The van der Waals surface area contributed by atoms with Crippen molar-refractivity contribution in [2.24, 2.45) is 7.05 Å². The highest BCUT2D eigenvalue weighted by Gasteiger charge is 2.19. The van der Waals surface area contributed by atoms with Crippen LogP contribution in [0.1, 0.15) is 91.7 Å². The van der Waals surface area contributed by atoms with E-state index in [1.807, 2.05) is 31.3 Å². The number of aryl methyl sites for hydroxylation is 2. The van der Waals surface area contributed by atoms with Gasteiger partial charge in [0.2, 0.25) is 0 Å². The van der Waals surface area contributed by atoms with E-state index in [1.54, 1.807) is 0 Å². The highest BCUT2D eigenvalue weighted by molar-refractivity contribution is 6.10. The summed E-state index contributed by atoms with van der Waals surface area (Å²) >= 11 is 0. The number of rotatable bonds is 16. The van der Waals surface area contributed by atoms with Crippen LogP contribution < -0.4 is 5.32 Å². The molecule has 2 aromatic carbocycles. The maximum Gasteiger partial charge on any atom is 0.303 e. The van der Waals surface area contributed by atoms with Crippen LogP contribution >= 0.6 is 0 Å². The minimum atomic E-state index is -0.789. The predicted molar refractivity (Wildman–Crippen MR) is 152 cm³/mol. The molecule has 5 nitrogen and oxygen atoms in total. The SMILES string of the molecule is CCCCC(CCCc1ccccc1)Nc1cccc(C(=O)c2cc(CCCC(=O)O)n(C)c2CC)c1. The minimum Gasteiger partial charge on any atom is -0.481 e. The third kappa shape index (κ3) is 8.34. The number of carbonyl (C=O) groups is 2. The van der Waals surface area contributed by atoms with E-state index < -0.39 is 5.97 Å². The number of unbranched alkanes of at least 4 members (excludes halogenated alkanes) is 1. The average molecular weight is 503 g/mol. The molecule has 0 radical (unpaired) electrons. The first-order valence-corrected chi connectivity index (χ1v) is 13.8. The lowest BCUT2D eigenvalue weighted by Crippen LogP contribution is -2.20. The number of anilines is 1. The summed E-state index contributed by atoms with van der Waals surface area (Å²) in [7, 11) is 1.97. The van der Waals surface area contributed by atoms with Crippen LogP contribution in [0.3, 0.4) is 0 Å². The third-order valence-electron chi connectivity index (χ3n) is 7.12. The van der Waals surface area contributed by atoms with Gasteiger partial charge >= 0.3 is 5.97 Å². The van der Waals surface area contributed by atoms with Gasteiger partial charge in [0.05, 0.1) is 0 Å². The molecule has 1 aromatic heterocycles. The topological polar surface area (TPSA) is 71.3 Å². The van der Waals surface area contributed by atoms with Gasteiger partial charge in [-0.3, -0.25) is 9.59 Å². The van der Waals surface area contributed by atoms with Crippen LogP contribution in [0.15, 0.2) is 60.7 Å². The fraction of sp³-hybridized carbons (Fsp3) is 0.438. The Bertz CT molecular complexity index is 1150. The lowest BCUT2D eigenvalue weighted by molar-refractivity contribution is -0.137. The standard InChI is InChI=1S/C32H42N2O3/c1-4-6-17-26(18-10-15-24-13-8-7-9-14-24)33-27-19-11-16-25(22-27)32(37)29-23-28(20-12-21-31(35)36)34(3)30(29)5-2/h7-9,11,13-14,16,19,22-23,26,33H,4-6,10,12,15,17-18,20-21H2,1-3H3,(H,35,36). The molecule has 0 amide bonds. The number of nitrogens with one attached hydrogen (secondary N) is 1. The molecule has 3 rings (SSSR count). The van der Waals surface area contributed by atoms with Gasteiger partial charge in [-0.15, -0.1) is 0 Å². The van der Waals surface area contributed by atoms with E-state index in [4.69, 9.17) is 5.11 Å². The first-order chi connectivity index (χ1) is 17.9. The van der Waals surface area contributed by atoms with Crippen LogP contribution in [-0.2, 0) is 31.1 Å². The molecule has 0 aliphatic carbocycles. The van der Waals surface area contributed by atoms with Gasteiger partial charge in [0.1, 0.15) is 0 Å². The second-order valence-electron chi connectivity index (χ2n) is 9.93. The molecule has 0 saturated carbocycles. The quantitative estimate of drug-likeness (QED) is 0.203. The Labute approximate surface area is 221 Å². The van der Waals surface area contributed by atoms with E-state index in [0.29, 0.717) is 24.4 Å². The van der Waals surface area contributed by atoms with Crippen LogP contribution in [0.4, 0.5) is 5.69 Å². The van der Waals surface area contributed by atoms with E-state index in [9.17, 15) is 9.59 Å². The molecule has 0 aliphatic heterocycles. The summed E-state index contributed by atoms with van der Waals surface area (Å²) in [6.45, 7) is 4.28. The lowest BCUT2D eigenvalue weighted by atomic mass is 9.99. The molecule has 0 bridgehead atoms. The number of carbonyl (C=O) groups excluding carboxylic acids is 1. The Morgan fingerprint density at radius 2 is 1.68 bits per heavy atom. The zero-order valence-electron chi connectivity index (χ0n) is 22.6. The van der Waals surface area contributed by atoms with E-state index in [1.165, 1.54) is 12.0 Å². The summed E-state index contributed by atoms with van der Waals surface area (Å²) in [6, 6.07) is 20.8. The smallest absolute Gasteiger partial charge is 0.303 e. The van der Waals surface area contributed by atoms with Gasteiger partial charge in [-0.25, -0.2) is 0 Å². The van der Waals surface area contributed by atoms with Crippen molar-refractivity contribution in [3.8, 4) is 0 Å². The first kappa shape index (κ1) is 28.2. The molecule has 1 unspecified atom stereocenters. The molecule has 37 heavy (non-hydrogen) atoms. The van der Waals surface area contributed by atoms with Gasteiger partial charge in [-0.1, -0.05) is 69.2 Å². The van der Waals surface area contributed by atoms with Gasteiger partial charge in [0, 0.05) is 47.7 Å². The molecule has 5 heteroatoms. The Balaban J connectivity index is 1.71. The molecule has 0 saturated heterocycles. The predicted octanol–water partition coefficient (Wildman–Crippen LogP) is 7.22.